The van der Waals surface area contributed by atoms with E-state index in [1.54, 1.807) is 5.75 Å². The van der Waals surface area contributed by atoms with Crippen LogP contribution in [-0.4, -0.2) is 23.0 Å². The maximum atomic E-state index is 2.82. The fraction of sp³-hybridized carbons (Fsp3) is 1.00. The van der Waals surface area contributed by atoms with Crippen LogP contribution in [-0.2, 0) is 0 Å². The van der Waals surface area contributed by atoms with Gasteiger partial charge in [-0.3, -0.25) is 0 Å². The molecule has 0 nitrogen and oxygen atoms in total. The average Bonchev–Trinajstić information content (AvgIpc) is 3.28. The van der Waals surface area contributed by atoms with Crippen LogP contribution < -0.4 is 0 Å². The summed E-state index contributed by atoms with van der Waals surface area (Å²) < 4.78 is 0. The van der Waals surface area contributed by atoms with E-state index in [-0.39, 0.29) is 0 Å². The van der Waals surface area contributed by atoms with E-state index in [1.807, 2.05) is 0 Å². The molecule has 0 aromatic heterocycles. The van der Waals surface area contributed by atoms with E-state index in [0.29, 0.717) is 21.7 Å². The van der Waals surface area contributed by atoms with Gasteiger partial charge in [0.1, 0.15) is 0 Å². The van der Waals surface area contributed by atoms with Crippen LogP contribution in [0.4, 0.5) is 0 Å². The van der Waals surface area contributed by atoms with Gasteiger partial charge in [0.2, 0.25) is 0 Å². The van der Waals surface area contributed by atoms with Crippen molar-refractivity contribution in [2.24, 2.45) is 63.1 Å². The van der Waals surface area contributed by atoms with Gasteiger partial charge >= 0.3 is 0 Å². The summed E-state index contributed by atoms with van der Waals surface area (Å²) in [4.78, 5) is 0. The van der Waals surface area contributed by atoms with E-state index in [1.165, 1.54) is 70.0 Å². The Bertz CT molecular complexity index is 795. The maximum Gasteiger partial charge on any atom is -0.00676 e. The molecule has 1 aliphatic heterocycles. The molecule has 2 spiro atoms. The van der Waals surface area contributed by atoms with Gasteiger partial charge in [-0.05, 0) is 125 Å². The molecule has 3 aliphatic rings. The van der Waals surface area contributed by atoms with Gasteiger partial charge in [0, 0.05) is 0 Å². The molecule has 1 heteroatoms. The van der Waals surface area contributed by atoms with Crippen molar-refractivity contribution in [3.8, 4) is 0 Å². The third kappa shape index (κ3) is 5.35. The minimum absolute atomic E-state index is 0.428. The van der Waals surface area contributed by atoms with E-state index in [0.717, 1.165) is 46.7 Å². The first-order valence-electron chi connectivity index (χ1n) is 17.8. The second-order valence-electron chi connectivity index (χ2n) is 17.3. The van der Waals surface area contributed by atoms with Crippen LogP contribution in [0.2, 0.25) is 0 Å². The van der Waals surface area contributed by atoms with Crippen molar-refractivity contribution in [1.29, 1.82) is 0 Å². The zero-order valence-corrected chi connectivity index (χ0v) is 30.3. The Morgan fingerprint density at radius 2 is 1.41 bits per heavy atom. The number of rotatable bonds is 5. The molecule has 0 N–H and O–H groups in total. The lowest BCUT2D eigenvalue weighted by Gasteiger charge is -2.63. The molecule has 8 unspecified atom stereocenters. The first-order chi connectivity index (χ1) is 18.1. The molecule has 1 saturated heterocycles. The van der Waals surface area contributed by atoms with Crippen molar-refractivity contribution in [2.45, 2.75) is 159 Å². The van der Waals surface area contributed by atoms with Gasteiger partial charge in [-0.15, -0.1) is 0 Å². The summed E-state index contributed by atoms with van der Waals surface area (Å²) in [5.74, 6) is 8.85. The largest absolute Gasteiger partial charge is 0.240 e. The van der Waals surface area contributed by atoms with Crippen LogP contribution in [0.3, 0.4) is 0 Å². The highest BCUT2D eigenvalue weighted by Gasteiger charge is 2.75. The predicted molar refractivity (Wildman–Crippen MR) is 181 cm³/mol. The fourth-order valence-electron chi connectivity index (χ4n) is 12.2. The Hall–Kier alpha value is 0.350. The summed E-state index contributed by atoms with van der Waals surface area (Å²) in [6.07, 6.45) is 17.1. The second kappa shape index (κ2) is 12.2. The molecule has 3 fully saturated rings. The van der Waals surface area contributed by atoms with E-state index >= 15 is 0 Å². The van der Waals surface area contributed by atoms with E-state index in [2.05, 4.69) is 96.3 Å². The zero-order chi connectivity index (χ0) is 29.6. The molecule has 0 bridgehead atoms. The smallest absolute Gasteiger partial charge is 0.00676 e. The highest BCUT2D eigenvalue weighted by molar-refractivity contribution is 8.33. The summed E-state index contributed by atoms with van der Waals surface area (Å²) in [5.41, 5.74) is 1.86. The first kappa shape index (κ1) is 33.8. The third-order valence-corrected chi connectivity index (χ3v) is 19.1. The molecule has 1 heterocycles. The minimum atomic E-state index is -0.643. The number of hydrogen-bond donors (Lipinski definition) is 0. The van der Waals surface area contributed by atoms with Crippen LogP contribution in [0.15, 0.2) is 0 Å². The average molecular weight is 563 g/mol. The molecule has 39 heavy (non-hydrogen) atoms. The lowest BCUT2D eigenvalue weighted by molar-refractivity contribution is -0.147. The van der Waals surface area contributed by atoms with E-state index < -0.39 is 10.0 Å². The summed E-state index contributed by atoms with van der Waals surface area (Å²) >= 11 is 0. The van der Waals surface area contributed by atoms with Crippen molar-refractivity contribution >= 4 is 10.0 Å². The normalized spacial score (nSPS) is 48.6. The molecule has 0 aromatic carbocycles. The maximum absolute atomic E-state index is 2.82. The van der Waals surface area contributed by atoms with Crippen molar-refractivity contribution in [2.75, 3.05) is 17.8 Å². The minimum Gasteiger partial charge on any atom is -0.240 e. The van der Waals surface area contributed by atoms with Crippen LogP contribution >= 0.6 is 10.0 Å². The Balaban J connectivity index is 2.40. The monoisotopic (exact) mass is 563 g/mol. The molecule has 0 aromatic rings. The Morgan fingerprint density at radius 3 is 1.92 bits per heavy atom. The van der Waals surface area contributed by atoms with Crippen molar-refractivity contribution in [3.63, 3.8) is 0 Å². The van der Waals surface area contributed by atoms with Crippen LogP contribution in [0.5, 0.6) is 0 Å². The predicted octanol–water partition coefficient (Wildman–Crippen LogP) is 12.2. The van der Waals surface area contributed by atoms with Crippen LogP contribution in [0.1, 0.15) is 154 Å². The Kier molecular flexibility index (Phi) is 10.5. The van der Waals surface area contributed by atoms with Gasteiger partial charge in [-0.2, -0.15) is 0 Å². The van der Waals surface area contributed by atoms with Gasteiger partial charge in [0.15, 0.2) is 0 Å². The molecular weight excluding hydrogens is 488 g/mol. The summed E-state index contributed by atoms with van der Waals surface area (Å²) in [5, 5.41) is 0.941. The van der Waals surface area contributed by atoms with Gasteiger partial charge in [-0.25, -0.2) is 10.0 Å². The Labute approximate surface area is 249 Å². The quantitative estimate of drug-likeness (QED) is 0.312. The van der Waals surface area contributed by atoms with Crippen molar-refractivity contribution in [1.82, 2.24) is 0 Å². The standard InChI is InChI=1S/C38H74S/c1-15-31-21-23-35(10,11)22-19-20-28(7)29(8)30(9)32(16-2)37(31)25-24-36(12,13)38(37)26-39(14,18-4)33(17-3)34(38)27(5)6/h27-34H,15-26H2,1-14H3/t28?,29?,30?,31?,32-,33+,34?,37?,38?/m0/s1. The summed E-state index contributed by atoms with van der Waals surface area (Å²) in [7, 11) is -0.643. The lowest BCUT2D eigenvalue weighted by Crippen LogP contribution is -2.60. The molecular formula is C38H74S. The van der Waals surface area contributed by atoms with Gasteiger partial charge in [0.25, 0.3) is 0 Å². The SMILES string of the molecule is CCC1CCC(C)(C)CCCC(C)C(C)C(C)[C@H](CC)C12CCC(C)(C)C21CS(C)(CC)[C@H](CC)C1C(C)C. The van der Waals surface area contributed by atoms with Crippen molar-refractivity contribution < 1.29 is 0 Å². The number of fused-ring (bicyclic) bond motifs is 1. The summed E-state index contributed by atoms with van der Waals surface area (Å²) in [6, 6.07) is 0. The molecule has 2 saturated carbocycles. The van der Waals surface area contributed by atoms with E-state index in [4.69, 9.17) is 0 Å². The highest BCUT2D eigenvalue weighted by atomic mass is 32.3. The van der Waals surface area contributed by atoms with Gasteiger partial charge in [0.05, 0.1) is 0 Å². The molecule has 232 valence electrons. The van der Waals surface area contributed by atoms with Gasteiger partial charge in [-0.1, -0.05) is 116 Å². The third-order valence-electron chi connectivity index (χ3n) is 14.6. The topological polar surface area (TPSA) is 0 Å². The van der Waals surface area contributed by atoms with Crippen molar-refractivity contribution in [3.05, 3.63) is 0 Å². The van der Waals surface area contributed by atoms with Crippen LogP contribution in [0, 0.1) is 63.1 Å². The van der Waals surface area contributed by atoms with Gasteiger partial charge < -0.3 is 0 Å². The lowest BCUT2D eigenvalue weighted by atomic mass is 9.41. The molecule has 2 aliphatic carbocycles. The summed E-state index contributed by atoms with van der Waals surface area (Å²) in [6.45, 7) is 34.5. The second-order valence-corrected chi connectivity index (χ2v) is 21.5. The fourth-order valence-corrected chi connectivity index (χ4v) is 17.0. The number of hydrogen-bond acceptors (Lipinski definition) is 0. The first-order valence-corrected chi connectivity index (χ1v) is 20.2. The highest BCUT2D eigenvalue weighted by Crippen LogP contribution is 2.83. The molecule has 3 rings (SSSR count). The molecule has 0 radical (unpaired) electrons. The zero-order valence-electron chi connectivity index (χ0n) is 29.5. The van der Waals surface area contributed by atoms with E-state index in [9.17, 15) is 0 Å². The molecule has 10 atom stereocenters. The van der Waals surface area contributed by atoms with Crippen LogP contribution in [0.25, 0.3) is 0 Å². The Morgan fingerprint density at radius 1 is 0.769 bits per heavy atom. The molecule has 0 amide bonds.